The van der Waals surface area contributed by atoms with E-state index in [1.54, 1.807) is 23.0 Å². The van der Waals surface area contributed by atoms with E-state index in [0.717, 1.165) is 46.8 Å². The van der Waals surface area contributed by atoms with Crippen LogP contribution in [0.3, 0.4) is 0 Å². The first-order valence-electron chi connectivity index (χ1n) is 10.7. The number of nitrogens with two attached hydrogens (primary N) is 1. The molecular formula is C24H26N6O2. The summed E-state index contributed by atoms with van der Waals surface area (Å²) in [6.07, 6.45) is 5.69. The van der Waals surface area contributed by atoms with Gasteiger partial charge in [-0.25, -0.2) is 14.5 Å². The minimum absolute atomic E-state index is 0.0926. The van der Waals surface area contributed by atoms with Crippen molar-refractivity contribution in [3.05, 3.63) is 60.9 Å². The molecule has 0 aliphatic heterocycles. The summed E-state index contributed by atoms with van der Waals surface area (Å²) < 4.78 is 7.58. The van der Waals surface area contributed by atoms with Crippen molar-refractivity contribution in [1.82, 2.24) is 24.9 Å². The van der Waals surface area contributed by atoms with Crippen LogP contribution in [-0.2, 0) is 4.79 Å². The van der Waals surface area contributed by atoms with Crippen molar-refractivity contribution in [3.8, 4) is 28.3 Å². The molecule has 0 atom stereocenters. The van der Waals surface area contributed by atoms with Crippen molar-refractivity contribution >= 4 is 17.4 Å². The Bertz CT molecular complexity index is 1190. The van der Waals surface area contributed by atoms with Crippen LogP contribution in [0.25, 0.3) is 28.2 Å². The van der Waals surface area contributed by atoms with Crippen LogP contribution in [0, 0.1) is 0 Å². The maximum absolute atomic E-state index is 11.5. The maximum atomic E-state index is 11.5. The standard InChI is InChI=1S/C24H26N6O2/c1-2-4-24(31)26-13-3-14-32-19-8-5-17(6-9-19)20-10-12-23-28-16-21(30(23)29-20)18-7-11-22(25)27-15-18/h5-12,15-16H,2-4,13-14H2,1H3,(H2,25,27)(H,26,31). The summed E-state index contributed by atoms with van der Waals surface area (Å²) in [5.74, 6) is 1.35. The first kappa shape index (κ1) is 21.3. The zero-order valence-electron chi connectivity index (χ0n) is 18.0. The number of ether oxygens (including phenoxy) is 1. The Kier molecular flexibility index (Phi) is 6.60. The topological polar surface area (TPSA) is 107 Å². The molecule has 1 amide bonds. The molecular weight excluding hydrogens is 404 g/mol. The van der Waals surface area contributed by atoms with Gasteiger partial charge in [0.15, 0.2) is 5.65 Å². The van der Waals surface area contributed by atoms with Crippen LogP contribution < -0.4 is 15.8 Å². The highest BCUT2D eigenvalue weighted by atomic mass is 16.5. The number of aromatic nitrogens is 4. The average Bonchev–Trinajstić information content (AvgIpc) is 3.23. The summed E-state index contributed by atoms with van der Waals surface area (Å²) in [6, 6.07) is 15.4. The second-order valence-corrected chi connectivity index (χ2v) is 7.43. The van der Waals surface area contributed by atoms with E-state index >= 15 is 0 Å². The van der Waals surface area contributed by atoms with Crippen LogP contribution in [0.1, 0.15) is 26.2 Å². The molecule has 8 nitrogen and oxygen atoms in total. The van der Waals surface area contributed by atoms with Gasteiger partial charge in [-0.1, -0.05) is 6.92 Å². The first-order chi connectivity index (χ1) is 15.6. The number of carbonyl (C=O) groups excluding carboxylic acids is 1. The Morgan fingerprint density at radius 1 is 1.03 bits per heavy atom. The summed E-state index contributed by atoms with van der Waals surface area (Å²) in [6.45, 7) is 3.16. The molecule has 4 rings (SSSR count). The lowest BCUT2D eigenvalue weighted by molar-refractivity contribution is -0.121. The first-order valence-corrected chi connectivity index (χ1v) is 10.7. The number of rotatable bonds is 9. The number of nitrogens with zero attached hydrogens (tertiary/aromatic N) is 4. The van der Waals surface area contributed by atoms with E-state index < -0.39 is 0 Å². The van der Waals surface area contributed by atoms with E-state index in [-0.39, 0.29) is 5.91 Å². The molecule has 0 bridgehead atoms. The third-order valence-electron chi connectivity index (χ3n) is 4.98. The highest BCUT2D eigenvalue weighted by Gasteiger charge is 2.10. The highest BCUT2D eigenvalue weighted by molar-refractivity contribution is 5.75. The molecule has 4 aromatic rings. The molecule has 0 spiro atoms. The Labute approximate surface area is 186 Å². The highest BCUT2D eigenvalue weighted by Crippen LogP contribution is 2.24. The Morgan fingerprint density at radius 3 is 2.59 bits per heavy atom. The van der Waals surface area contributed by atoms with E-state index in [0.29, 0.717) is 25.4 Å². The van der Waals surface area contributed by atoms with Crippen molar-refractivity contribution in [2.75, 3.05) is 18.9 Å². The van der Waals surface area contributed by atoms with E-state index in [4.69, 9.17) is 15.6 Å². The molecule has 32 heavy (non-hydrogen) atoms. The predicted molar refractivity (Wildman–Crippen MR) is 124 cm³/mol. The number of anilines is 1. The monoisotopic (exact) mass is 430 g/mol. The molecule has 3 N–H and O–H groups in total. The minimum Gasteiger partial charge on any atom is -0.494 e. The average molecular weight is 431 g/mol. The number of imidazole rings is 1. The molecule has 164 valence electrons. The van der Waals surface area contributed by atoms with Gasteiger partial charge < -0.3 is 15.8 Å². The van der Waals surface area contributed by atoms with E-state index in [9.17, 15) is 4.79 Å². The number of pyridine rings is 1. The van der Waals surface area contributed by atoms with Gasteiger partial charge in [0.2, 0.25) is 5.91 Å². The van der Waals surface area contributed by atoms with Crippen LogP contribution >= 0.6 is 0 Å². The summed E-state index contributed by atoms with van der Waals surface area (Å²) in [5, 5.41) is 7.65. The SMILES string of the molecule is CCCC(=O)NCCCOc1ccc(-c2ccc3ncc(-c4ccc(N)nc4)n3n2)cc1. The van der Waals surface area contributed by atoms with Crippen molar-refractivity contribution in [2.24, 2.45) is 0 Å². The van der Waals surface area contributed by atoms with Crippen LogP contribution in [-0.4, -0.2) is 38.6 Å². The summed E-state index contributed by atoms with van der Waals surface area (Å²) in [7, 11) is 0. The van der Waals surface area contributed by atoms with Gasteiger partial charge in [0.1, 0.15) is 11.6 Å². The number of hydrogen-bond acceptors (Lipinski definition) is 6. The third-order valence-corrected chi connectivity index (χ3v) is 4.98. The van der Waals surface area contributed by atoms with Gasteiger partial charge in [0.05, 0.1) is 24.2 Å². The number of nitrogen functional groups attached to an aromatic ring is 1. The predicted octanol–water partition coefficient (Wildman–Crippen LogP) is 3.73. The fourth-order valence-corrected chi connectivity index (χ4v) is 3.31. The van der Waals surface area contributed by atoms with Crippen molar-refractivity contribution in [2.45, 2.75) is 26.2 Å². The normalized spacial score (nSPS) is 10.9. The Hall–Kier alpha value is -3.94. The lowest BCUT2D eigenvalue weighted by Gasteiger charge is -2.08. The molecule has 0 aliphatic rings. The second-order valence-electron chi connectivity index (χ2n) is 7.43. The van der Waals surface area contributed by atoms with Crippen molar-refractivity contribution in [1.29, 1.82) is 0 Å². The smallest absolute Gasteiger partial charge is 0.219 e. The van der Waals surface area contributed by atoms with Gasteiger partial charge in [-0.3, -0.25) is 4.79 Å². The van der Waals surface area contributed by atoms with Crippen molar-refractivity contribution in [3.63, 3.8) is 0 Å². The van der Waals surface area contributed by atoms with Gasteiger partial charge in [-0.2, -0.15) is 5.10 Å². The number of nitrogens with one attached hydrogen (secondary N) is 1. The zero-order valence-corrected chi connectivity index (χ0v) is 18.0. The van der Waals surface area contributed by atoms with Gasteiger partial charge in [-0.15, -0.1) is 0 Å². The van der Waals surface area contributed by atoms with Crippen LogP contribution in [0.5, 0.6) is 5.75 Å². The zero-order chi connectivity index (χ0) is 22.3. The van der Waals surface area contributed by atoms with E-state index in [2.05, 4.69) is 15.3 Å². The molecule has 0 saturated heterocycles. The summed E-state index contributed by atoms with van der Waals surface area (Å²) in [4.78, 5) is 20.0. The fourth-order valence-electron chi connectivity index (χ4n) is 3.31. The van der Waals surface area contributed by atoms with Gasteiger partial charge in [0.25, 0.3) is 0 Å². The van der Waals surface area contributed by atoms with E-state index in [1.165, 1.54) is 0 Å². The number of amides is 1. The number of hydrogen-bond donors (Lipinski definition) is 2. The molecule has 1 aromatic carbocycles. The van der Waals surface area contributed by atoms with Gasteiger partial charge in [0, 0.05) is 30.3 Å². The summed E-state index contributed by atoms with van der Waals surface area (Å²) >= 11 is 0. The molecule has 0 fully saturated rings. The quantitative estimate of drug-likeness (QED) is 0.392. The minimum atomic E-state index is 0.0926. The molecule has 0 aliphatic carbocycles. The molecule has 3 aromatic heterocycles. The Morgan fingerprint density at radius 2 is 1.84 bits per heavy atom. The van der Waals surface area contributed by atoms with Gasteiger partial charge in [-0.05, 0) is 61.4 Å². The molecule has 3 heterocycles. The second kappa shape index (κ2) is 9.91. The van der Waals surface area contributed by atoms with Crippen LogP contribution in [0.4, 0.5) is 5.82 Å². The van der Waals surface area contributed by atoms with Crippen molar-refractivity contribution < 1.29 is 9.53 Å². The summed E-state index contributed by atoms with van der Waals surface area (Å²) in [5.41, 5.74) is 9.99. The Balaban J connectivity index is 1.41. The van der Waals surface area contributed by atoms with Crippen LogP contribution in [0.2, 0.25) is 0 Å². The maximum Gasteiger partial charge on any atom is 0.219 e. The number of carbonyl (C=O) groups is 1. The largest absolute Gasteiger partial charge is 0.494 e. The molecule has 0 radical (unpaired) electrons. The van der Waals surface area contributed by atoms with Crippen LogP contribution in [0.15, 0.2) is 60.9 Å². The lowest BCUT2D eigenvalue weighted by atomic mass is 10.1. The molecule has 0 saturated carbocycles. The fraction of sp³-hybridized carbons (Fsp3) is 0.250. The van der Waals surface area contributed by atoms with E-state index in [1.807, 2.05) is 49.4 Å². The van der Waals surface area contributed by atoms with Gasteiger partial charge >= 0.3 is 0 Å². The molecule has 8 heteroatoms. The number of fused-ring (bicyclic) bond motifs is 1. The molecule has 0 unspecified atom stereocenters. The number of benzene rings is 1. The third kappa shape index (κ3) is 5.03. The lowest BCUT2D eigenvalue weighted by Crippen LogP contribution is -2.24.